The van der Waals surface area contributed by atoms with E-state index in [1.54, 1.807) is 11.9 Å². The third kappa shape index (κ3) is 3.78. The first-order chi connectivity index (χ1) is 9.18. The average Bonchev–Trinajstić information content (AvgIpc) is 2.47. The zero-order valence-electron chi connectivity index (χ0n) is 11.4. The Labute approximate surface area is 114 Å². The van der Waals surface area contributed by atoms with Crippen molar-refractivity contribution in [2.45, 2.75) is 31.4 Å². The van der Waals surface area contributed by atoms with E-state index in [0.29, 0.717) is 6.54 Å². The van der Waals surface area contributed by atoms with Gasteiger partial charge in [0.05, 0.1) is 6.10 Å². The van der Waals surface area contributed by atoms with Gasteiger partial charge in [0.25, 0.3) is 0 Å². The molecule has 0 bridgehead atoms. The molecule has 19 heavy (non-hydrogen) atoms. The predicted octanol–water partition coefficient (Wildman–Crippen LogP) is 1.71. The molecule has 4 nitrogen and oxygen atoms in total. The molecule has 1 aliphatic heterocycles. The van der Waals surface area contributed by atoms with Crippen LogP contribution in [0.25, 0.3) is 0 Å². The van der Waals surface area contributed by atoms with Crippen LogP contribution < -0.4 is 5.73 Å². The van der Waals surface area contributed by atoms with Crippen LogP contribution >= 0.6 is 0 Å². The lowest BCUT2D eigenvalue weighted by Gasteiger charge is -2.29. The standard InChI is InChI=1S/C15H22N2O2/c1-17(11-13-9-5-6-10-19-13)15(18)14(16)12-7-3-2-4-8-12/h2-4,7-8,13-14H,5-6,9-11,16H2,1H3/t13?,14-/m0/s1. The summed E-state index contributed by atoms with van der Waals surface area (Å²) in [6.07, 6.45) is 3.48. The summed E-state index contributed by atoms with van der Waals surface area (Å²) in [6.45, 7) is 1.43. The fourth-order valence-corrected chi connectivity index (χ4v) is 2.39. The number of ether oxygens (including phenoxy) is 1. The van der Waals surface area contributed by atoms with Crippen LogP contribution in [0.5, 0.6) is 0 Å². The number of benzene rings is 1. The number of carbonyl (C=O) groups is 1. The van der Waals surface area contributed by atoms with Gasteiger partial charge in [0.15, 0.2) is 0 Å². The number of nitrogens with zero attached hydrogens (tertiary/aromatic N) is 1. The quantitative estimate of drug-likeness (QED) is 0.898. The summed E-state index contributed by atoms with van der Waals surface area (Å²) in [4.78, 5) is 14.0. The van der Waals surface area contributed by atoms with Gasteiger partial charge in [-0.25, -0.2) is 0 Å². The van der Waals surface area contributed by atoms with Crippen molar-refractivity contribution >= 4 is 5.91 Å². The van der Waals surface area contributed by atoms with Crippen molar-refractivity contribution in [3.8, 4) is 0 Å². The van der Waals surface area contributed by atoms with Crippen LogP contribution in [0, 0.1) is 0 Å². The highest BCUT2D eigenvalue weighted by molar-refractivity contribution is 5.82. The molecule has 2 N–H and O–H groups in total. The van der Waals surface area contributed by atoms with E-state index in [0.717, 1.165) is 25.0 Å². The fourth-order valence-electron chi connectivity index (χ4n) is 2.39. The van der Waals surface area contributed by atoms with Crippen LogP contribution in [0.15, 0.2) is 30.3 Å². The molecule has 2 atom stereocenters. The third-order valence-corrected chi connectivity index (χ3v) is 3.55. The van der Waals surface area contributed by atoms with Gasteiger partial charge >= 0.3 is 0 Å². The van der Waals surface area contributed by atoms with Crippen molar-refractivity contribution < 1.29 is 9.53 Å². The Morgan fingerprint density at radius 3 is 2.79 bits per heavy atom. The molecule has 1 fully saturated rings. The Hall–Kier alpha value is -1.39. The van der Waals surface area contributed by atoms with Crippen LogP contribution in [0.1, 0.15) is 30.9 Å². The molecule has 1 amide bonds. The van der Waals surface area contributed by atoms with Gasteiger partial charge in [-0.05, 0) is 24.8 Å². The Morgan fingerprint density at radius 2 is 2.16 bits per heavy atom. The summed E-state index contributed by atoms with van der Waals surface area (Å²) < 4.78 is 5.65. The Bertz CT molecular complexity index is 402. The lowest BCUT2D eigenvalue weighted by molar-refractivity contribution is -0.133. The van der Waals surface area contributed by atoms with E-state index < -0.39 is 6.04 Å². The van der Waals surface area contributed by atoms with Gasteiger partial charge in [-0.2, -0.15) is 0 Å². The predicted molar refractivity (Wildman–Crippen MR) is 74.6 cm³/mol. The largest absolute Gasteiger partial charge is 0.376 e. The van der Waals surface area contributed by atoms with E-state index in [4.69, 9.17) is 10.5 Å². The van der Waals surface area contributed by atoms with Gasteiger partial charge in [0.2, 0.25) is 5.91 Å². The molecule has 2 rings (SSSR count). The molecule has 4 heteroatoms. The molecule has 1 aliphatic rings. The van der Waals surface area contributed by atoms with Gasteiger partial charge in [0, 0.05) is 20.2 Å². The minimum absolute atomic E-state index is 0.0552. The second-order valence-corrected chi connectivity index (χ2v) is 5.10. The zero-order chi connectivity index (χ0) is 13.7. The van der Waals surface area contributed by atoms with E-state index >= 15 is 0 Å². The second-order valence-electron chi connectivity index (χ2n) is 5.10. The van der Waals surface area contributed by atoms with E-state index in [9.17, 15) is 4.79 Å². The number of rotatable bonds is 4. The van der Waals surface area contributed by atoms with Crippen LogP contribution in [0.4, 0.5) is 0 Å². The van der Waals surface area contributed by atoms with Crippen LogP contribution in [0.3, 0.4) is 0 Å². The molecule has 0 aromatic heterocycles. The number of hydrogen-bond donors (Lipinski definition) is 1. The van der Waals surface area contributed by atoms with E-state index in [-0.39, 0.29) is 12.0 Å². The third-order valence-electron chi connectivity index (χ3n) is 3.55. The van der Waals surface area contributed by atoms with Crippen LogP contribution in [-0.2, 0) is 9.53 Å². The minimum Gasteiger partial charge on any atom is -0.376 e. The van der Waals surface area contributed by atoms with Gasteiger partial charge in [-0.1, -0.05) is 30.3 Å². The molecule has 1 aromatic carbocycles. The highest BCUT2D eigenvalue weighted by Gasteiger charge is 2.23. The molecule has 0 radical (unpaired) electrons. The van der Waals surface area contributed by atoms with Crippen molar-refractivity contribution in [3.63, 3.8) is 0 Å². The topological polar surface area (TPSA) is 55.6 Å². The summed E-state index contributed by atoms with van der Waals surface area (Å²) in [7, 11) is 1.79. The average molecular weight is 262 g/mol. The molecule has 0 aliphatic carbocycles. The smallest absolute Gasteiger partial charge is 0.243 e. The number of hydrogen-bond acceptors (Lipinski definition) is 3. The van der Waals surface area contributed by atoms with Crippen molar-refractivity contribution in [3.05, 3.63) is 35.9 Å². The molecule has 1 unspecified atom stereocenters. The maximum atomic E-state index is 12.3. The molecule has 0 saturated carbocycles. The number of carbonyl (C=O) groups excluding carboxylic acids is 1. The first-order valence-corrected chi connectivity index (χ1v) is 6.85. The van der Waals surface area contributed by atoms with Gasteiger partial charge in [0.1, 0.15) is 6.04 Å². The summed E-state index contributed by atoms with van der Waals surface area (Å²) in [5, 5.41) is 0. The monoisotopic (exact) mass is 262 g/mol. The molecule has 104 valence electrons. The minimum atomic E-state index is -0.588. The maximum Gasteiger partial charge on any atom is 0.243 e. The van der Waals surface area contributed by atoms with Crippen molar-refractivity contribution in [1.29, 1.82) is 0 Å². The fraction of sp³-hybridized carbons (Fsp3) is 0.533. The Kier molecular flexibility index (Phi) is 4.93. The van der Waals surface area contributed by atoms with E-state index in [1.807, 2.05) is 30.3 Å². The highest BCUT2D eigenvalue weighted by Crippen LogP contribution is 2.16. The summed E-state index contributed by atoms with van der Waals surface area (Å²) in [5.41, 5.74) is 6.86. The molecule has 1 heterocycles. The van der Waals surface area contributed by atoms with Crippen LogP contribution in [0.2, 0.25) is 0 Å². The summed E-state index contributed by atoms with van der Waals surface area (Å²) in [5.74, 6) is -0.0552. The number of nitrogens with two attached hydrogens (primary N) is 1. The Morgan fingerprint density at radius 1 is 1.42 bits per heavy atom. The molecule has 1 saturated heterocycles. The summed E-state index contributed by atoms with van der Waals surface area (Å²) in [6, 6.07) is 8.88. The first kappa shape index (κ1) is 14.0. The van der Waals surface area contributed by atoms with Crippen LogP contribution in [-0.4, -0.2) is 37.1 Å². The second kappa shape index (κ2) is 6.68. The molecular formula is C15H22N2O2. The van der Waals surface area contributed by atoms with Gasteiger partial charge in [-0.15, -0.1) is 0 Å². The first-order valence-electron chi connectivity index (χ1n) is 6.85. The SMILES string of the molecule is CN(CC1CCCCO1)C(=O)[C@@H](N)c1ccccc1. The highest BCUT2D eigenvalue weighted by atomic mass is 16.5. The summed E-state index contributed by atoms with van der Waals surface area (Å²) >= 11 is 0. The van der Waals surface area contributed by atoms with E-state index in [2.05, 4.69) is 0 Å². The lowest BCUT2D eigenvalue weighted by Crippen LogP contribution is -2.41. The molecule has 1 aromatic rings. The molecular weight excluding hydrogens is 240 g/mol. The Balaban J connectivity index is 1.91. The normalized spacial score (nSPS) is 20.8. The molecule has 0 spiro atoms. The maximum absolute atomic E-state index is 12.3. The zero-order valence-corrected chi connectivity index (χ0v) is 11.4. The van der Waals surface area contributed by atoms with Crippen molar-refractivity contribution in [1.82, 2.24) is 4.90 Å². The lowest BCUT2D eigenvalue weighted by atomic mass is 10.1. The van der Waals surface area contributed by atoms with Crippen molar-refractivity contribution in [2.24, 2.45) is 5.73 Å². The van der Waals surface area contributed by atoms with Gasteiger partial charge in [-0.3, -0.25) is 4.79 Å². The van der Waals surface area contributed by atoms with Gasteiger partial charge < -0.3 is 15.4 Å². The van der Waals surface area contributed by atoms with E-state index in [1.165, 1.54) is 6.42 Å². The number of amides is 1. The number of likely N-dealkylation sites (N-methyl/N-ethyl adjacent to an activating group) is 1. The van der Waals surface area contributed by atoms with Crippen molar-refractivity contribution in [2.75, 3.05) is 20.2 Å².